The lowest BCUT2D eigenvalue weighted by molar-refractivity contribution is 0.314. The van der Waals surface area contributed by atoms with E-state index >= 15 is 0 Å². The van der Waals surface area contributed by atoms with Crippen LogP contribution in [-0.4, -0.2) is 14.0 Å². The van der Waals surface area contributed by atoms with Crippen LogP contribution in [0.25, 0.3) is 0 Å². The number of nitrogens with zero attached hydrogens (tertiary/aromatic N) is 1. The second-order valence-corrected chi connectivity index (χ2v) is 6.51. The molecule has 1 aromatic heterocycles. The van der Waals surface area contributed by atoms with Crippen LogP contribution in [-0.2, 0) is 16.6 Å². The van der Waals surface area contributed by atoms with Gasteiger partial charge < -0.3 is 10.2 Å². The monoisotopic (exact) mass is 221 g/mol. The van der Waals surface area contributed by atoms with E-state index in [4.69, 9.17) is 10.2 Å². The van der Waals surface area contributed by atoms with Crippen LogP contribution in [0.1, 0.15) is 24.1 Å². The molecule has 2 N–H and O–H groups in total. The van der Waals surface area contributed by atoms with Gasteiger partial charge in [0.2, 0.25) is 9.04 Å². The van der Waals surface area contributed by atoms with Crippen molar-refractivity contribution in [2.75, 3.05) is 0 Å². The molecule has 1 heterocycles. The van der Waals surface area contributed by atoms with E-state index in [-0.39, 0.29) is 5.54 Å². The van der Waals surface area contributed by atoms with Crippen molar-refractivity contribution in [2.24, 2.45) is 5.73 Å². The molecular weight excluding hydrogens is 204 g/mol. The molecule has 1 saturated carbocycles. The number of pyridine rings is 1. The maximum Gasteiger partial charge on any atom is 0.205 e. The molecule has 0 atom stereocenters. The summed E-state index contributed by atoms with van der Waals surface area (Å²) in [5.74, 6) is 0. The normalized spacial score (nSPS) is 18.1. The standard InChI is InChI=1S/C11H17N2OSi/c1-15(2)14-8-9-3-4-10(13-7-9)11(12)5-6-11/h3-4,7H,5-6,8,12H2,1-2H3. The van der Waals surface area contributed by atoms with Crippen LogP contribution < -0.4 is 5.73 Å². The van der Waals surface area contributed by atoms with Crippen LogP contribution in [0.5, 0.6) is 0 Å². The van der Waals surface area contributed by atoms with E-state index < -0.39 is 9.04 Å². The summed E-state index contributed by atoms with van der Waals surface area (Å²) in [5, 5.41) is 0. The van der Waals surface area contributed by atoms with Crippen molar-refractivity contribution in [1.82, 2.24) is 4.98 Å². The molecule has 1 fully saturated rings. The maximum absolute atomic E-state index is 6.05. The average molecular weight is 221 g/mol. The van der Waals surface area contributed by atoms with Gasteiger partial charge in [0.25, 0.3) is 0 Å². The van der Waals surface area contributed by atoms with Crippen molar-refractivity contribution in [1.29, 1.82) is 0 Å². The van der Waals surface area contributed by atoms with Crippen LogP contribution in [0.3, 0.4) is 0 Å². The molecule has 4 heteroatoms. The third kappa shape index (κ3) is 2.65. The molecule has 2 rings (SSSR count). The smallest absolute Gasteiger partial charge is 0.205 e. The molecule has 3 nitrogen and oxygen atoms in total. The molecule has 15 heavy (non-hydrogen) atoms. The van der Waals surface area contributed by atoms with Gasteiger partial charge in [-0.15, -0.1) is 0 Å². The molecule has 81 valence electrons. The highest BCUT2D eigenvalue weighted by atomic mass is 28.3. The van der Waals surface area contributed by atoms with Crippen LogP contribution in [0.2, 0.25) is 13.1 Å². The largest absolute Gasteiger partial charge is 0.413 e. The number of nitrogens with two attached hydrogens (primary N) is 1. The Balaban J connectivity index is 1.98. The average Bonchev–Trinajstić information content (AvgIpc) is 2.96. The van der Waals surface area contributed by atoms with E-state index in [2.05, 4.69) is 24.1 Å². The Bertz CT molecular complexity index is 333. The number of hydrogen-bond donors (Lipinski definition) is 1. The summed E-state index contributed by atoms with van der Waals surface area (Å²) in [6, 6.07) is 4.10. The summed E-state index contributed by atoms with van der Waals surface area (Å²) in [4.78, 5) is 4.40. The van der Waals surface area contributed by atoms with Crippen LogP contribution in [0, 0.1) is 0 Å². The number of hydrogen-bond acceptors (Lipinski definition) is 3. The third-order valence-electron chi connectivity index (χ3n) is 2.65. The van der Waals surface area contributed by atoms with E-state index in [0.29, 0.717) is 6.61 Å². The van der Waals surface area contributed by atoms with Gasteiger partial charge in [-0.3, -0.25) is 4.98 Å². The summed E-state index contributed by atoms with van der Waals surface area (Å²) in [6.45, 7) is 4.93. The Morgan fingerprint density at radius 3 is 2.67 bits per heavy atom. The van der Waals surface area contributed by atoms with E-state index in [1.165, 1.54) is 0 Å². The van der Waals surface area contributed by atoms with Crippen LogP contribution in [0.15, 0.2) is 18.3 Å². The zero-order valence-corrected chi connectivity index (χ0v) is 10.3. The molecule has 1 aromatic rings. The van der Waals surface area contributed by atoms with Crippen LogP contribution >= 0.6 is 0 Å². The third-order valence-corrected chi connectivity index (χ3v) is 3.37. The zero-order valence-electron chi connectivity index (χ0n) is 9.29. The van der Waals surface area contributed by atoms with Gasteiger partial charge in [-0.05, 0) is 37.6 Å². The minimum atomic E-state index is -0.610. The minimum absolute atomic E-state index is 0.121. The molecule has 1 aliphatic carbocycles. The fourth-order valence-corrected chi connectivity index (χ4v) is 1.88. The lowest BCUT2D eigenvalue weighted by Gasteiger charge is -2.09. The zero-order chi connectivity index (χ0) is 10.9. The second kappa shape index (κ2) is 4.04. The summed E-state index contributed by atoms with van der Waals surface area (Å²) < 4.78 is 5.60. The second-order valence-electron chi connectivity index (χ2n) is 4.40. The summed E-state index contributed by atoms with van der Waals surface area (Å²) in [7, 11) is -0.610. The Labute approximate surface area is 92.4 Å². The highest BCUT2D eigenvalue weighted by Crippen LogP contribution is 2.41. The van der Waals surface area contributed by atoms with E-state index in [1.807, 2.05) is 12.3 Å². The van der Waals surface area contributed by atoms with Gasteiger partial charge in [0.15, 0.2) is 0 Å². The van der Waals surface area contributed by atoms with Crippen molar-refractivity contribution >= 4 is 9.04 Å². The predicted molar refractivity (Wildman–Crippen MR) is 61.6 cm³/mol. The van der Waals surface area contributed by atoms with E-state index in [0.717, 1.165) is 24.1 Å². The highest BCUT2D eigenvalue weighted by Gasteiger charge is 2.41. The SMILES string of the molecule is C[Si](C)OCc1ccc(C2(N)CC2)nc1. The quantitative estimate of drug-likeness (QED) is 0.789. The first-order valence-electron chi connectivity index (χ1n) is 5.27. The van der Waals surface area contributed by atoms with Crippen molar-refractivity contribution in [3.63, 3.8) is 0 Å². The first kappa shape index (κ1) is 10.8. The highest BCUT2D eigenvalue weighted by molar-refractivity contribution is 6.48. The van der Waals surface area contributed by atoms with Gasteiger partial charge in [0.05, 0.1) is 17.8 Å². The van der Waals surface area contributed by atoms with Crippen molar-refractivity contribution in [3.05, 3.63) is 29.6 Å². The number of rotatable bonds is 4. The molecule has 0 aromatic carbocycles. The maximum atomic E-state index is 6.05. The molecule has 0 amide bonds. The van der Waals surface area contributed by atoms with Gasteiger partial charge in [0, 0.05) is 6.20 Å². The molecule has 1 aliphatic rings. The molecule has 0 spiro atoms. The van der Waals surface area contributed by atoms with Crippen molar-refractivity contribution < 1.29 is 4.43 Å². The Hall–Kier alpha value is -0.713. The first-order chi connectivity index (χ1) is 7.10. The van der Waals surface area contributed by atoms with Gasteiger partial charge >= 0.3 is 0 Å². The lowest BCUT2D eigenvalue weighted by atomic mass is 10.1. The summed E-state index contributed by atoms with van der Waals surface area (Å²) in [5.41, 5.74) is 8.08. The van der Waals surface area contributed by atoms with Gasteiger partial charge in [-0.25, -0.2) is 0 Å². The Morgan fingerprint density at radius 1 is 1.47 bits per heavy atom. The minimum Gasteiger partial charge on any atom is -0.413 e. The fourth-order valence-electron chi connectivity index (χ4n) is 1.42. The topological polar surface area (TPSA) is 48.1 Å². The van der Waals surface area contributed by atoms with Crippen LogP contribution in [0.4, 0.5) is 0 Å². The fraction of sp³-hybridized carbons (Fsp3) is 0.545. The molecule has 0 aliphatic heterocycles. The van der Waals surface area contributed by atoms with E-state index in [9.17, 15) is 0 Å². The molecule has 1 radical (unpaired) electrons. The first-order valence-corrected chi connectivity index (χ1v) is 7.68. The van der Waals surface area contributed by atoms with Crippen molar-refractivity contribution in [2.45, 2.75) is 38.1 Å². The predicted octanol–water partition coefficient (Wildman–Crippen LogP) is 1.80. The van der Waals surface area contributed by atoms with Gasteiger partial charge in [0.1, 0.15) is 0 Å². The Morgan fingerprint density at radius 2 is 2.20 bits per heavy atom. The molecule has 0 unspecified atom stereocenters. The van der Waals surface area contributed by atoms with Gasteiger partial charge in [-0.2, -0.15) is 0 Å². The molecule has 0 saturated heterocycles. The molecular formula is C11H17N2OSi. The summed E-state index contributed by atoms with van der Waals surface area (Å²) in [6.07, 6.45) is 4.01. The Kier molecular flexibility index (Phi) is 2.91. The summed E-state index contributed by atoms with van der Waals surface area (Å²) >= 11 is 0. The number of aromatic nitrogens is 1. The van der Waals surface area contributed by atoms with Crippen molar-refractivity contribution in [3.8, 4) is 0 Å². The molecule has 0 bridgehead atoms. The lowest BCUT2D eigenvalue weighted by Crippen LogP contribution is -2.20. The van der Waals surface area contributed by atoms with Gasteiger partial charge in [-0.1, -0.05) is 6.07 Å². The van der Waals surface area contributed by atoms with E-state index in [1.54, 1.807) is 0 Å².